The fraction of sp³-hybridized carbons (Fsp3) is 0.500. The molecule has 0 aliphatic carbocycles. The first kappa shape index (κ1) is 12.1. The van der Waals surface area contributed by atoms with Gasteiger partial charge in [-0.2, -0.15) is 5.01 Å². The van der Waals surface area contributed by atoms with Gasteiger partial charge in [0.05, 0.1) is 0 Å². The first-order valence-corrected chi connectivity index (χ1v) is 6.03. The topological polar surface area (TPSA) is 27.6 Å². The van der Waals surface area contributed by atoms with Gasteiger partial charge in [-0.05, 0) is 62.4 Å². The van der Waals surface area contributed by atoms with Crippen LogP contribution in [0.25, 0.3) is 0 Å². The molecule has 92 valence electrons. The third-order valence-electron chi connectivity index (χ3n) is 3.82. The number of nitrogens with one attached hydrogen (secondary N) is 1. The zero-order valence-electron chi connectivity index (χ0n) is 11.5. The first-order chi connectivity index (χ1) is 7.91. The smallest absolute Gasteiger partial charge is 0.146 e. The molecule has 3 nitrogen and oxygen atoms in total. The summed E-state index contributed by atoms with van der Waals surface area (Å²) in [5, 5.41) is 2.06. The Bertz CT molecular complexity index is 489. The third kappa shape index (κ3) is 1.95. The van der Waals surface area contributed by atoms with Crippen LogP contribution in [-0.4, -0.2) is 17.9 Å². The molecule has 1 unspecified atom stereocenters. The number of hydrogen-bond acceptors (Lipinski definition) is 3. The molecule has 0 spiro atoms. The van der Waals surface area contributed by atoms with Gasteiger partial charge in [-0.1, -0.05) is 6.07 Å². The Balaban J connectivity index is 2.53. The number of benzene rings is 1. The summed E-state index contributed by atoms with van der Waals surface area (Å²) in [4.78, 5) is 4.64. The second kappa shape index (κ2) is 4.15. The lowest BCUT2D eigenvalue weighted by Crippen LogP contribution is -2.33. The highest BCUT2D eigenvalue weighted by Gasteiger charge is 2.24. The van der Waals surface area contributed by atoms with Gasteiger partial charge >= 0.3 is 0 Å². The van der Waals surface area contributed by atoms with Crippen LogP contribution in [0.3, 0.4) is 0 Å². The molecule has 0 saturated carbocycles. The van der Waals surface area contributed by atoms with E-state index in [1.165, 1.54) is 27.8 Å². The predicted molar refractivity (Wildman–Crippen MR) is 72.1 cm³/mol. The summed E-state index contributed by atoms with van der Waals surface area (Å²) in [5.74, 6) is 0.979. The monoisotopic (exact) mass is 231 g/mol. The minimum absolute atomic E-state index is 0.105. The summed E-state index contributed by atoms with van der Waals surface area (Å²) in [6, 6.07) is 2.27. The Kier molecular flexibility index (Phi) is 2.96. The van der Waals surface area contributed by atoms with E-state index in [0.29, 0.717) is 0 Å². The zero-order valence-corrected chi connectivity index (χ0v) is 11.5. The normalized spacial score (nSPS) is 20.4. The second-order valence-electron chi connectivity index (χ2n) is 4.97. The number of amidine groups is 1. The van der Waals surface area contributed by atoms with Crippen LogP contribution in [0.15, 0.2) is 11.1 Å². The van der Waals surface area contributed by atoms with Crippen LogP contribution >= 0.6 is 0 Å². The van der Waals surface area contributed by atoms with Crippen LogP contribution < -0.4 is 5.43 Å². The van der Waals surface area contributed by atoms with E-state index in [4.69, 9.17) is 0 Å². The van der Waals surface area contributed by atoms with E-state index in [0.717, 1.165) is 5.84 Å². The van der Waals surface area contributed by atoms with Crippen molar-refractivity contribution in [2.24, 2.45) is 4.99 Å². The largest absolute Gasteiger partial charge is 0.305 e. The number of aryl methyl sites for hydroxylation is 1. The summed E-state index contributed by atoms with van der Waals surface area (Å²) < 4.78 is 0. The van der Waals surface area contributed by atoms with E-state index in [-0.39, 0.29) is 6.17 Å². The lowest BCUT2D eigenvalue weighted by Gasteiger charge is -2.22. The maximum Gasteiger partial charge on any atom is 0.146 e. The van der Waals surface area contributed by atoms with Gasteiger partial charge in [0, 0.05) is 7.05 Å². The number of hydrazine groups is 1. The molecule has 0 saturated heterocycles. The highest BCUT2D eigenvalue weighted by atomic mass is 15.6. The Morgan fingerprint density at radius 1 is 1.06 bits per heavy atom. The lowest BCUT2D eigenvalue weighted by atomic mass is 9.93. The van der Waals surface area contributed by atoms with Gasteiger partial charge < -0.3 is 5.43 Å². The quantitative estimate of drug-likeness (QED) is 0.805. The second-order valence-corrected chi connectivity index (χ2v) is 4.97. The molecule has 1 heterocycles. The molecule has 1 aliphatic heterocycles. The fourth-order valence-electron chi connectivity index (χ4n) is 2.40. The van der Waals surface area contributed by atoms with Crippen LogP contribution in [0, 0.1) is 27.7 Å². The fourth-order valence-corrected chi connectivity index (χ4v) is 2.40. The van der Waals surface area contributed by atoms with Crippen LogP contribution in [0.2, 0.25) is 0 Å². The maximum absolute atomic E-state index is 4.64. The van der Waals surface area contributed by atoms with Crippen molar-refractivity contribution < 1.29 is 0 Å². The number of aliphatic imine (C=N–C) groups is 1. The minimum Gasteiger partial charge on any atom is -0.305 e. The molecule has 1 aliphatic rings. The van der Waals surface area contributed by atoms with Gasteiger partial charge in [-0.15, -0.1) is 0 Å². The number of rotatable bonds is 1. The van der Waals surface area contributed by atoms with E-state index in [1.54, 1.807) is 0 Å². The van der Waals surface area contributed by atoms with Crippen molar-refractivity contribution >= 4 is 5.84 Å². The van der Waals surface area contributed by atoms with Crippen molar-refractivity contribution in [3.8, 4) is 0 Å². The third-order valence-corrected chi connectivity index (χ3v) is 3.82. The Hall–Kier alpha value is -1.35. The molecule has 2 rings (SSSR count). The summed E-state index contributed by atoms with van der Waals surface area (Å²) in [6.45, 7) is 10.7. The molecule has 0 radical (unpaired) electrons. The van der Waals surface area contributed by atoms with Crippen LogP contribution in [0.1, 0.15) is 40.9 Å². The lowest BCUT2D eigenvalue weighted by molar-refractivity contribution is 0.241. The molecular weight excluding hydrogens is 210 g/mol. The predicted octanol–water partition coefficient (Wildman–Crippen LogP) is 2.79. The van der Waals surface area contributed by atoms with Crippen LogP contribution in [0.4, 0.5) is 0 Å². The zero-order chi connectivity index (χ0) is 12.7. The standard InChI is InChI=1S/C14H21N3/c1-8-7-13(11(4)10(3)9(8)2)14-15-12(5)16-17(14)6/h7,14H,1-6H3,(H,15,16). The molecule has 0 fully saturated rings. The summed E-state index contributed by atoms with van der Waals surface area (Å²) in [6.07, 6.45) is 0.105. The summed E-state index contributed by atoms with van der Waals surface area (Å²) in [5.41, 5.74) is 10.0. The molecular formula is C14H21N3. The average molecular weight is 231 g/mol. The van der Waals surface area contributed by atoms with E-state index in [9.17, 15) is 0 Å². The highest BCUT2D eigenvalue weighted by molar-refractivity contribution is 5.80. The molecule has 1 aromatic carbocycles. The minimum atomic E-state index is 0.105. The van der Waals surface area contributed by atoms with E-state index in [1.807, 2.05) is 14.0 Å². The van der Waals surface area contributed by atoms with Crippen LogP contribution in [0.5, 0.6) is 0 Å². The van der Waals surface area contributed by atoms with Gasteiger partial charge in [0.15, 0.2) is 0 Å². The number of hydrogen-bond donors (Lipinski definition) is 1. The first-order valence-electron chi connectivity index (χ1n) is 6.03. The van der Waals surface area contributed by atoms with E-state index < -0.39 is 0 Å². The molecule has 0 amide bonds. The van der Waals surface area contributed by atoms with E-state index in [2.05, 4.69) is 49.2 Å². The van der Waals surface area contributed by atoms with Gasteiger partial charge in [0.2, 0.25) is 0 Å². The Labute approximate surface area is 104 Å². The molecule has 1 aromatic rings. The SMILES string of the molecule is CC1=NC(c2cc(C)c(C)c(C)c2C)N(C)N1. The van der Waals surface area contributed by atoms with Crippen molar-refractivity contribution in [2.75, 3.05) is 7.05 Å². The summed E-state index contributed by atoms with van der Waals surface area (Å²) in [7, 11) is 2.04. The van der Waals surface area contributed by atoms with Crippen molar-refractivity contribution in [3.05, 3.63) is 33.9 Å². The Morgan fingerprint density at radius 2 is 1.71 bits per heavy atom. The van der Waals surface area contributed by atoms with Gasteiger partial charge in [-0.25, -0.2) is 4.99 Å². The average Bonchev–Trinajstić information content (AvgIpc) is 2.60. The summed E-state index contributed by atoms with van der Waals surface area (Å²) >= 11 is 0. The molecule has 1 atom stereocenters. The van der Waals surface area contributed by atoms with Gasteiger partial charge in [0.1, 0.15) is 12.0 Å². The molecule has 17 heavy (non-hydrogen) atoms. The molecule has 3 heteroatoms. The van der Waals surface area contributed by atoms with Gasteiger partial charge in [-0.3, -0.25) is 0 Å². The van der Waals surface area contributed by atoms with Crippen molar-refractivity contribution in [1.29, 1.82) is 0 Å². The Morgan fingerprint density at radius 3 is 2.24 bits per heavy atom. The van der Waals surface area contributed by atoms with Crippen molar-refractivity contribution in [3.63, 3.8) is 0 Å². The van der Waals surface area contributed by atoms with Crippen molar-refractivity contribution in [2.45, 2.75) is 40.8 Å². The van der Waals surface area contributed by atoms with Gasteiger partial charge in [0.25, 0.3) is 0 Å². The van der Waals surface area contributed by atoms with E-state index >= 15 is 0 Å². The maximum atomic E-state index is 4.64. The van der Waals surface area contributed by atoms with Crippen LogP contribution in [-0.2, 0) is 0 Å². The number of nitrogens with zero attached hydrogens (tertiary/aromatic N) is 2. The molecule has 1 N–H and O–H groups in total. The highest BCUT2D eigenvalue weighted by Crippen LogP contribution is 2.30. The molecule has 0 aromatic heterocycles. The molecule has 0 bridgehead atoms. The van der Waals surface area contributed by atoms with Crippen molar-refractivity contribution in [1.82, 2.24) is 10.4 Å².